The van der Waals surface area contributed by atoms with Gasteiger partial charge in [0.1, 0.15) is 0 Å². The summed E-state index contributed by atoms with van der Waals surface area (Å²) >= 11 is 0. The molecule has 2 N–H and O–H groups in total. The van der Waals surface area contributed by atoms with E-state index in [9.17, 15) is 9.59 Å². The fourth-order valence-corrected chi connectivity index (χ4v) is 0.947. The lowest BCUT2D eigenvalue weighted by molar-refractivity contribution is -0.121. The highest BCUT2D eigenvalue weighted by Crippen LogP contribution is 1.82. The molecule has 88 valence electrons. The quantitative estimate of drug-likeness (QED) is 0.622. The van der Waals surface area contributed by atoms with Gasteiger partial charge >= 0.3 is 6.09 Å². The Hall–Kier alpha value is -1.14. The lowest BCUT2D eigenvalue weighted by Crippen LogP contribution is -2.40. The van der Waals surface area contributed by atoms with Crippen molar-refractivity contribution in [3.05, 3.63) is 0 Å². The monoisotopic (exact) mass is 217 g/mol. The Labute approximate surface area is 90.0 Å². The van der Waals surface area contributed by atoms with Crippen molar-refractivity contribution < 1.29 is 14.3 Å². The molecule has 0 atom stereocenters. The first-order valence-electron chi connectivity index (χ1n) is 4.89. The summed E-state index contributed by atoms with van der Waals surface area (Å²) < 4.78 is 4.57. The summed E-state index contributed by atoms with van der Waals surface area (Å²) in [5.74, 6) is -0.355. The number of alkyl carbamates (subject to hydrolysis) is 1. The van der Waals surface area contributed by atoms with Gasteiger partial charge in [-0.1, -0.05) is 0 Å². The summed E-state index contributed by atoms with van der Waals surface area (Å²) in [5.41, 5.74) is 0. The van der Waals surface area contributed by atoms with E-state index in [0.717, 1.165) is 13.1 Å². The molecule has 0 saturated heterocycles. The van der Waals surface area contributed by atoms with Gasteiger partial charge < -0.3 is 10.1 Å². The van der Waals surface area contributed by atoms with Crippen LogP contribution in [0.15, 0.2) is 0 Å². The molecular weight excluding hydrogens is 198 g/mol. The number of hydrogen-bond donors (Lipinski definition) is 2. The summed E-state index contributed by atoms with van der Waals surface area (Å²) in [6.45, 7) is 3.66. The molecule has 0 rings (SSSR count). The van der Waals surface area contributed by atoms with Crippen LogP contribution >= 0.6 is 0 Å². The standard InChI is InChI=1S/C9H19N3O3/c1-4-15-9(14)11-8(13)7-12(3)6-5-10-2/h10H,4-7H2,1-3H3,(H,11,13,14). The van der Waals surface area contributed by atoms with Crippen molar-refractivity contribution in [3.8, 4) is 0 Å². The fraction of sp³-hybridized carbons (Fsp3) is 0.778. The average molecular weight is 217 g/mol. The van der Waals surface area contributed by atoms with Crippen LogP contribution in [0.5, 0.6) is 0 Å². The number of nitrogens with zero attached hydrogens (tertiary/aromatic N) is 1. The molecule has 0 unspecified atom stereocenters. The first-order chi connectivity index (χ1) is 7.10. The van der Waals surface area contributed by atoms with E-state index in [4.69, 9.17) is 0 Å². The van der Waals surface area contributed by atoms with Crippen molar-refractivity contribution in [1.82, 2.24) is 15.5 Å². The van der Waals surface area contributed by atoms with E-state index in [1.165, 1.54) is 0 Å². The zero-order valence-corrected chi connectivity index (χ0v) is 9.50. The maximum atomic E-state index is 11.2. The van der Waals surface area contributed by atoms with Crippen LogP contribution in [0.2, 0.25) is 0 Å². The molecule has 0 aromatic heterocycles. The van der Waals surface area contributed by atoms with Crippen molar-refractivity contribution in [2.75, 3.05) is 40.3 Å². The Morgan fingerprint density at radius 3 is 2.60 bits per heavy atom. The van der Waals surface area contributed by atoms with Crippen LogP contribution in [0, 0.1) is 0 Å². The molecule has 0 aromatic carbocycles. The number of hydrogen-bond acceptors (Lipinski definition) is 5. The second kappa shape index (κ2) is 8.19. The van der Waals surface area contributed by atoms with E-state index in [-0.39, 0.29) is 19.1 Å². The van der Waals surface area contributed by atoms with Gasteiger partial charge in [-0.15, -0.1) is 0 Å². The van der Waals surface area contributed by atoms with Crippen LogP contribution in [-0.2, 0) is 9.53 Å². The van der Waals surface area contributed by atoms with Gasteiger partial charge in [-0.2, -0.15) is 0 Å². The third-order valence-corrected chi connectivity index (χ3v) is 1.67. The lowest BCUT2D eigenvalue weighted by atomic mass is 10.5. The molecule has 0 fully saturated rings. The van der Waals surface area contributed by atoms with E-state index in [2.05, 4.69) is 15.4 Å². The number of carbonyl (C=O) groups excluding carboxylic acids is 2. The number of amides is 2. The van der Waals surface area contributed by atoms with E-state index in [1.54, 1.807) is 6.92 Å². The SMILES string of the molecule is CCOC(=O)NC(=O)CN(C)CCNC. The molecule has 0 bridgehead atoms. The first-order valence-corrected chi connectivity index (χ1v) is 4.89. The van der Waals surface area contributed by atoms with Gasteiger partial charge in [0.25, 0.3) is 0 Å². The van der Waals surface area contributed by atoms with Gasteiger partial charge in [-0.05, 0) is 21.0 Å². The third kappa shape index (κ3) is 7.90. The van der Waals surface area contributed by atoms with Crippen LogP contribution in [0.3, 0.4) is 0 Å². The van der Waals surface area contributed by atoms with E-state index in [1.807, 2.05) is 19.0 Å². The maximum Gasteiger partial charge on any atom is 0.413 e. The van der Waals surface area contributed by atoms with Crippen molar-refractivity contribution in [1.29, 1.82) is 0 Å². The molecule has 6 nitrogen and oxygen atoms in total. The van der Waals surface area contributed by atoms with Gasteiger partial charge in [-0.3, -0.25) is 15.0 Å². The molecule has 0 saturated carbocycles. The zero-order chi connectivity index (χ0) is 11.7. The van der Waals surface area contributed by atoms with E-state index in [0.29, 0.717) is 0 Å². The second-order valence-electron chi connectivity index (χ2n) is 3.11. The smallest absolute Gasteiger partial charge is 0.413 e. The van der Waals surface area contributed by atoms with E-state index < -0.39 is 6.09 Å². The number of nitrogens with one attached hydrogen (secondary N) is 2. The number of rotatable bonds is 6. The van der Waals surface area contributed by atoms with Crippen molar-refractivity contribution >= 4 is 12.0 Å². The normalized spacial score (nSPS) is 10.1. The van der Waals surface area contributed by atoms with Gasteiger partial charge in [0.05, 0.1) is 13.2 Å². The summed E-state index contributed by atoms with van der Waals surface area (Å²) in [6, 6.07) is 0. The number of imide groups is 1. The van der Waals surface area contributed by atoms with Crippen LogP contribution in [0.4, 0.5) is 4.79 Å². The maximum absolute atomic E-state index is 11.2. The largest absolute Gasteiger partial charge is 0.450 e. The molecule has 0 aliphatic heterocycles. The van der Waals surface area contributed by atoms with Crippen molar-refractivity contribution in [2.24, 2.45) is 0 Å². The van der Waals surface area contributed by atoms with Crippen molar-refractivity contribution in [3.63, 3.8) is 0 Å². The fourth-order valence-electron chi connectivity index (χ4n) is 0.947. The minimum absolute atomic E-state index is 0.181. The number of carbonyl (C=O) groups is 2. The van der Waals surface area contributed by atoms with Gasteiger partial charge in [-0.25, -0.2) is 4.79 Å². The van der Waals surface area contributed by atoms with Gasteiger partial charge in [0.15, 0.2) is 0 Å². The summed E-state index contributed by atoms with van der Waals surface area (Å²) in [4.78, 5) is 23.9. The number of likely N-dealkylation sites (N-methyl/N-ethyl adjacent to an activating group) is 2. The van der Waals surface area contributed by atoms with Crippen LogP contribution in [0.1, 0.15) is 6.92 Å². The first kappa shape index (κ1) is 13.9. The molecule has 0 radical (unpaired) electrons. The summed E-state index contributed by atoms with van der Waals surface area (Å²) in [5, 5.41) is 5.09. The Morgan fingerprint density at radius 1 is 1.40 bits per heavy atom. The molecule has 0 spiro atoms. The third-order valence-electron chi connectivity index (χ3n) is 1.67. The minimum Gasteiger partial charge on any atom is -0.450 e. The Kier molecular flexibility index (Phi) is 7.57. The van der Waals surface area contributed by atoms with Crippen LogP contribution in [-0.4, -0.2) is 57.2 Å². The molecule has 0 aliphatic carbocycles. The van der Waals surface area contributed by atoms with Gasteiger partial charge in [0, 0.05) is 13.1 Å². The highest BCUT2D eigenvalue weighted by molar-refractivity contribution is 5.92. The molecule has 0 heterocycles. The summed E-state index contributed by atoms with van der Waals surface area (Å²) in [6.07, 6.45) is -0.690. The average Bonchev–Trinajstić information content (AvgIpc) is 2.14. The highest BCUT2D eigenvalue weighted by Gasteiger charge is 2.10. The number of ether oxygens (including phenoxy) is 1. The molecular formula is C9H19N3O3. The van der Waals surface area contributed by atoms with Gasteiger partial charge in [0.2, 0.25) is 5.91 Å². The second-order valence-corrected chi connectivity index (χ2v) is 3.11. The Bertz CT molecular complexity index is 209. The molecule has 6 heteroatoms. The Balaban J connectivity index is 3.68. The van der Waals surface area contributed by atoms with E-state index >= 15 is 0 Å². The van der Waals surface area contributed by atoms with Crippen LogP contribution in [0.25, 0.3) is 0 Å². The molecule has 0 aromatic rings. The highest BCUT2D eigenvalue weighted by atomic mass is 16.5. The lowest BCUT2D eigenvalue weighted by Gasteiger charge is -2.15. The van der Waals surface area contributed by atoms with Crippen LogP contribution < -0.4 is 10.6 Å². The zero-order valence-electron chi connectivity index (χ0n) is 9.50. The molecule has 15 heavy (non-hydrogen) atoms. The molecule has 2 amide bonds. The minimum atomic E-state index is -0.690. The Morgan fingerprint density at radius 2 is 2.07 bits per heavy atom. The predicted molar refractivity (Wildman–Crippen MR) is 56.6 cm³/mol. The summed E-state index contributed by atoms with van der Waals surface area (Å²) in [7, 11) is 3.65. The molecule has 0 aliphatic rings. The van der Waals surface area contributed by atoms with Crippen molar-refractivity contribution in [2.45, 2.75) is 6.92 Å². The predicted octanol–water partition coefficient (Wildman–Crippen LogP) is -0.590. The topological polar surface area (TPSA) is 70.7 Å².